The number of carbonyl (C=O) groups is 1. The van der Waals surface area contributed by atoms with Gasteiger partial charge in [-0.1, -0.05) is 11.8 Å². The maximum atomic E-state index is 13.4. The van der Waals surface area contributed by atoms with Crippen LogP contribution >= 0.6 is 0 Å². The monoisotopic (exact) mass is 290 g/mol. The third-order valence-electron chi connectivity index (χ3n) is 1.94. The zero-order valence-electron chi connectivity index (χ0n) is 10.4. The molecule has 0 fully saturated rings. The topological polar surface area (TPSA) is 35.5 Å². The molecule has 0 saturated carbocycles. The predicted octanol–water partition coefficient (Wildman–Crippen LogP) is 3.03. The molecule has 20 heavy (non-hydrogen) atoms. The van der Waals surface area contributed by atoms with Crippen molar-refractivity contribution in [3.05, 3.63) is 29.6 Å². The van der Waals surface area contributed by atoms with Gasteiger partial charge in [0, 0.05) is 6.07 Å². The molecule has 0 saturated heterocycles. The van der Waals surface area contributed by atoms with Crippen molar-refractivity contribution in [1.29, 1.82) is 0 Å². The van der Waals surface area contributed by atoms with Crippen molar-refractivity contribution >= 4 is 5.97 Å². The SMILES string of the molecule is CCOC(=O)CC#Cc1ccc(OC(F)(F)F)cc1F. The van der Waals surface area contributed by atoms with Crippen molar-refractivity contribution in [2.24, 2.45) is 0 Å². The first-order chi connectivity index (χ1) is 9.31. The van der Waals surface area contributed by atoms with Gasteiger partial charge >= 0.3 is 12.3 Å². The highest BCUT2D eigenvalue weighted by molar-refractivity contribution is 5.72. The maximum absolute atomic E-state index is 13.4. The van der Waals surface area contributed by atoms with E-state index in [0.29, 0.717) is 6.07 Å². The summed E-state index contributed by atoms with van der Waals surface area (Å²) >= 11 is 0. The van der Waals surface area contributed by atoms with Gasteiger partial charge in [0.1, 0.15) is 18.0 Å². The van der Waals surface area contributed by atoms with Gasteiger partial charge in [-0.25, -0.2) is 4.39 Å². The molecule has 0 spiro atoms. The number of rotatable bonds is 3. The Labute approximate surface area is 112 Å². The largest absolute Gasteiger partial charge is 0.573 e. The fraction of sp³-hybridized carbons (Fsp3) is 0.308. The number of esters is 1. The standard InChI is InChI=1S/C13H10F4O3/c1-2-19-12(18)5-3-4-9-6-7-10(8-11(9)14)20-13(15,16)17/h6-8H,2,5H2,1H3. The van der Waals surface area contributed by atoms with E-state index >= 15 is 0 Å². The molecule has 0 unspecified atom stereocenters. The van der Waals surface area contributed by atoms with Crippen LogP contribution in [0.25, 0.3) is 0 Å². The van der Waals surface area contributed by atoms with E-state index in [1.54, 1.807) is 6.92 Å². The minimum Gasteiger partial charge on any atom is -0.465 e. The molecule has 0 aliphatic heterocycles. The molecule has 0 aliphatic carbocycles. The summed E-state index contributed by atoms with van der Waals surface area (Å²) in [7, 11) is 0. The van der Waals surface area contributed by atoms with Gasteiger partial charge in [0.05, 0.1) is 12.2 Å². The quantitative estimate of drug-likeness (QED) is 0.487. The molecule has 0 aliphatic rings. The van der Waals surface area contributed by atoms with Crippen molar-refractivity contribution in [2.45, 2.75) is 19.7 Å². The van der Waals surface area contributed by atoms with Gasteiger partial charge in [-0.05, 0) is 19.1 Å². The Kier molecular flexibility index (Phi) is 5.38. The van der Waals surface area contributed by atoms with E-state index in [0.717, 1.165) is 12.1 Å². The Morgan fingerprint density at radius 2 is 2.05 bits per heavy atom. The molecule has 0 N–H and O–H groups in total. The molecule has 0 aromatic heterocycles. The summed E-state index contributed by atoms with van der Waals surface area (Å²) in [6, 6.07) is 2.54. The normalized spacial score (nSPS) is 10.4. The molecule has 1 rings (SSSR count). The molecule has 0 heterocycles. The van der Waals surface area contributed by atoms with Crippen LogP contribution in [0.4, 0.5) is 17.6 Å². The predicted molar refractivity (Wildman–Crippen MR) is 61.2 cm³/mol. The molecule has 0 atom stereocenters. The Morgan fingerprint density at radius 1 is 1.35 bits per heavy atom. The summed E-state index contributed by atoms with van der Waals surface area (Å²) < 4.78 is 57.3. The van der Waals surface area contributed by atoms with Crippen LogP contribution < -0.4 is 4.74 Å². The Balaban J connectivity index is 2.74. The first kappa shape index (κ1) is 15.8. The van der Waals surface area contributed by atoms with Crippen molar-refractivity contribution in [1.82, 2.24) is 0 Å². The highest BCUT2D eigenvalue weighted by Gasteiger charge is 2.31. The number of benzene rings is 1. The first-order valence-electron chi connectivity index (χ1n) is 5.51. The van der Waals surface area contributed by atoms with Crippen molar-refractivity contribution in [3.8, 4) is 17.6 Å². The average Bonchev–Trinajstić information content (AvgIpc) is 2.30. The molecular formula is C13H10F4O3. The third kappa shape index (κ3) is 5.61. The van der Waals surface area contributed by atoms with Crippen molar-refractivity contribution in [2.75, 3.05) is 6.61 Å². The molecule has 1 aromatic rings. The van der Waals surface area contributed by atoms with Crippen LogP contribution in [0, 0.1) is 17.7 Å². The van der Waals surface area contributed by atoms with E-state index in [1.165, 1.54) is 0 Å². The van der Waals surface area contributed by atoms with Gasteiger partial charge in [0.2, 0.25) is 0 Å². The molecule has 0 amide bonds. The van der Waals surface area contributed by atoms with Gasteiger partial charge in [0.25, 0.3) is 0 Å². The van der Waals surface area contributed by atoms with Crippen LogP contribution in [0.5, 0.6) is 5.75 Å². The van der Waals surface area contributed by atoms with E-state index in [9.17, 15) is 22.4 Å². The lowest BCUT2D eigenvalue weighted by Gasteiger charge is -2.08. The van der Waals surface area contributed by atoms with Gasteiger partial charge in [-0.3, -0.25) is 4.79 Å². The summed E-state index contributed by atoms with van der Waals surface area (Å²) in [6.45, 7) is 1.84. The molecule has 0 radical (unpaired) electrons. The number of ether oxygens (including phenoxy) is 2. The second kappa shape index (κ2) is 6.80. The van der Waals surface area contributed by atoms with Crippen LogP contribution in [0.3, 0.4) is 0 Å². The van der Waals surface area contributed by atoms with Gasteiger partial charge in [0.15, 0.2) is 0 Å². The van der Waals surface area contributed by atoms with Crippen LogP contribution in [0.2, 0.25) is 0 Å². The number of halogens is 4. The zero-order valence-corrected chi connectivity index (χ0v) is 10.4. The molecule has 108 valence electrons. The maximum Gasteiger partial charge on any atom is 0.573 e. The molecule has 1 aromatic carbocycles. The number of carbonyl (C=O) groups excluding carboxylic acids is 1. The van der Waals surface area contributed by atoms with Crippen LogP contribution in [0.15, 0.2) is 18.2 Å². The highest BCUT2D eigenvalue weighted by atomic mass is 19.4. The Hall–Kier alpha value is -2.23. The minimum absolute atomic E-state index is 0.135. The number of alkyl halides is 3. The van der Waals surface area contributed by atoms with E-state index in [4.69, 9.17) is 0 Å². The lowest BCUT2D eigenvalue weighted by molar-refractivity contribution is -0.274. The summed E-state index contributed by atoms with van der Waals surface area (Å²) in [5, 5.41) is 0. The number of hydrogen-bond acceptors (Lipinski definition) is 3. The van der Waals surface area contributed by atoms with E-state index in [-0.39, 0.29) is 18.6 Å². The minimum atomic E-state index is -4.89. The average molecular weight is 290 g/mol. The summed E-state index contributed by atoms with van der Waals surface area (Å²) in [4.78, 5) is 11.0. The fourth-order valence-corrected chi connectivity index (χ4v) is 1.22. The van der Waals surface area contributed by atoms with Crippen molar-refractivity contribution < 1.29 is 31.8 Å². The highest BCUT2D eigenvalue weighted by Crippen LogP contribution is 2.24. The lowest BCUT2D eigenvalue weighted by atomic mass is 10.2. The Morgan fingerprint density at radius 3 is 2.60 bits per heavy atom. The zero-order chi connectivity index (χ0) is 15.2. The molecule has 0 bridgehead atoms. The Bertz CT molecular complexity index is 541. The van der Waals surface area contributed by atoms with Gasteiger partial charge in [-0.2, -0.15) is 0 Å². The van der Waals surface area contributed by atoms with E-state index in [1.807, 2.05) is 0 Å². The van der Waals surface area contributed by atoms with Gasteiger partial charge in [-0.15, -0.1) is 13.2 Å². The fourth-order valence-electron chi connectivity index (χ4n) is 1.22. The van der Waals surface area contributed by atoms with Crippen LogP contribution in [-0.2, 0) is 9.53 Å². The second-order valence-corrected chi connectivity index (χ2v) is 3.47. The van der Waals surface area contributed by atoms with Crippen LogP contribution in [-0.4, -0.2) is 18.9 Å². The lowest BCUT2D eigenvalue weighted by Crippen LogP contribution is -2.17. The summed E-state index contributed by atoms with van der Waals surface area (Å²) in [6.07, 6.45) is -5.11. The van der Waals surface area contributed by atoms with Crippen LogP contribution in [0.1, 0.15) is 18.9 Å². The number of hydrogen-bond donors (Lipinski definition) is 0. The van der Waals surface area contributed by atoms with E-state index in [2.05, 4.69) is 21.3 Å². The smallest absolute Gasteiger partial charge is 0.465 e. The summed E-state index contributed by atoms with van der Waals surface area (Å²) in [5.41, 5.74) is -0.135. The first-order valence-corrected chi connectivity index (χ1v) is 5.51. The van der Waals surface area contributed by atoms with Gasteiger partial charge < -0.3 is 9.47 Å². The molecule has 7 heteroatoms. The third-order valence-corrected chi connectivity index (χ3v) is 1.94. The van der Waals surface area contributed by atoms with Crippen molar-refractivity contribution in [3.63, 3.8) is 0 Å². The van der Waals surface area contributed by atoms with E-state index < -0.39 is 23.9 Å². The summed E-state index contributed by atoms with van der Waals surface area (Å²) in [5.74, 6) is 2.49. The second-order valence-electron chi connectivity index (χ2n) is 3.47. The molecule has 3 nitrogen and oxygen atoms in total. The molecular weight excluding hydrogens is 280 g/mol.